The minimum absolute atomic E-state index is 0.514. The first-order valence-electron chi connectivity index (χ1n) is 5.99. The van der Waals surface area contributed by atoms with Crippen LogP contribution in [0.15, 0.2) is 54.6 Å². The van der Waals surface area contributed by atoms with Gasteiger partial charge in [0.05, 0.1) is 0 Å². The lowest BCUT2D eigenvalue weighted by Crippen LogP contribution is -2.22. The molecule has 0 bridgehead atoms. The third-order valence-corrected chi connectivity index (χ3v) is 2.46. The van der Waals surface area contributed by atoms with Gasteiger partial charge in [0.25, 0.3) is 0 Å². The topological polar surface area (TPSA) is 44.5 Å². The zero-order chi connectivity index (χ0) is 12.6. The number of hydrogen-bond acceptors (Lipinski definition) is 3. The Kier molecular flexibility index (Phi) is 4.82. The Morgan fingerprint density at radius 1 is 0.944 bits per heavy atom. The summed E-state index contributed by atoms with van der Waals surface area (Å²) in [5.74, 6) is 1.64. The van der Waals surface area contributed by atoms with Gasteiger partial charge >= 0.3 is 7.48 Å². The van der Waals surface area contributed by atoms with Gasteiger partial charge in [0.15, 0.2) is 0 Å². The van der Waals surface area contributed by atoms with Gasteiger partial charge in [0.2, 0.25) is 0 Å². The summed E-state index contributed by atoms with van der Waals surface area (Å²) in [5.41, 5.74) is 6.42. The van der Waals surface area contributed by atoms with Crippen LogP contribution in [0.5, 0.6) is 11.5 Å². The third-order valence-electron chi connectivity index (χ3n) is 2.46. The molecular formula is C14H16BNO2. The van der Waals surface area contributed by atoms with Crippen LogP contribution >= 0.6 is 0 Å². The Labute approximate surface area is 108 Å². The van der Waals surface area contributed by atoms with Crippen LogP contribution in [0, 0.1) is 0 Å². The van der Waals surface area contributed by atoms with Crippen molar-refractivity contribution in [3.63, 3.8) is 0 Å². The summed E-state index contributed by atoms with van der Waals surface area (Å²) in [7, 11) is 0.514. The Morgan fingerprint density at radius 2 is 1.67 bits per heavy atom. The van der Waals surface area contributed by atoms with E-state index in [1.807, 2.05) is 54.6 Å². The summed E-state index contributed by atoms with van der Waals surface area (Å²) in [4.78, 5) is 0. The maximum absolute atomic E-state index is 5.83. The predicted molar refractivity (Wildman–Crippen MR) is 74.7 cm³/mol. The van der Waals surface area contributed by atoms with Crippen molar-refractivity contribution in [1.82, 2.24) is 0 Å². The molecule has 2 aromatic rings. The van der Waals surface area contributed by atoms with Gasteiger partial charge in [0, 0.05) is 13.2 Å². The smallest absolute Gasteiger partial charge is 0.312 e. The van der Waals surface area contributed by atoms with Crippen molar-refractivity contribution in [3.8, 4) is 11.5 Å². The molecule has 18 heavy (non-hydrogen) atoms. The normalized spacial score (nSPS) is 10.1. The van der Waals surface area contributed by atoms with Gasteiger partial charge in [-0.25, -0.2) is 0 Å². The molecule has 0 aromatic heterocycles. The maximum atomic E-state index is 5.83. The van der Waals surface area contributed by atoms with Crippen molar-refractivity contribution in [3.05, 3.63) is 54.6 Å². The number of para-hydroxylation sites is 2. The highest BCUT2D eigenvalue weighted by molar-refractivity contribution is 6.48. The van der Waals surface area contributed by atoms with Crippen LogP contribution in [-0.2, 0) is 4.65 Å². The minimum Gasteiger partial charge on any atom is -0.458 e. The van der Waals surface area contributed by atoms with E-state index in [0.29, 0.717) is 20.6 Å². The summed E-state index contributed by atoms with van der Waals surface area (Å²) in [6, 6.07) is 17.6. The van der Waals surface area contributed by atoms with E-state index in [9.17, 15) is 0 Å². The molecule has 0 radical (unpaired) electrons. The van der Waals surface area contributed by atoms with Crippen LogP contribution in [0.25, 0.3) is 0 Å². The molecule has 0 spiro atoms. The maximum Gasteiger partial charge on any atom is 0.312 e. The summed E-state index contributed by atoms with van der Waals surface area (Å²) in [6.07, 6.45) is 0. The average Bonchev–Trinajstić information content (AvgIpc) is 2.42. The first-order chi connectivity index (χ1) is 8.90. The quantitative estimate of drug-likeness (QED) is 0.614. The SMILES string of the molecule is NCCOBc1ccccc1Oc1ccccc1. The minimum atomic E-state index is 0.514. The summed E-state index contributed by atoms with van der Waals surface area (Å²) < 4.78 is 11.3. The fourth-order valence-electron chi connectivity index (χ4n) is 1.60. The lowest BCUT2D eigenvalue weighted by atomic mass is 9.87. The summed E-state index contributed by atoms with van der Waals surface area (Å²) >= 11 is 0. The van der Waals surface area contributed by atoms with Crippen molar-refractivity contribution in [2.75, 3.05) is 13.2 Å². The molecule has 0 fully saturated rings. The van der Waals surface area contributed by atoms with Crippen molar-refractivity contribution in [1.29, 1.82) is 0 Å². The molecule has 0 amide bonds. The highest BCUT2D eigenvalue weighted by atomic mass is 16.5. The molecule has 0 saturated heterocycles. The largest absolute Gasteiger partial charge is 0.458 e. The van der Waals surface area contributed by atoms with E-state index in [2.05, 4.69) is 0 Å². The molecule has 2 N–H and O–H groups in total. The second-order valence-electron chi connectivity index (χ2n) is 3.86. The molecule has 3 nitrogen and oxygen atoms in total. The van der Waals surface area contributed by atoms with Gasteiger partial charge in [-0.05, 0) is 23.7 Å². The fourth-order valence-corrected chi connectivity index (χ4v) is 1.60. The van der Waals surface area contributed by atoms with Gasteiger partial charge in [-0.3, -0.25) is 0 Å². The van der Waals surface area contributed by atoms with E-state index in [0.717, 1.165) is 17.0 Å². The molecule has 0 unspecified atom stereocenters. The molecule has 92 valence electrons. The van der Waals surface area contributed by atoms with E-state index in [1.165, 1.54) is 0 Å². The van der Waals surface area contributed by atoms with Crippen LogP contribution in [0.4, 0.5) is 0 Å². The standard InChI is InChI=1S/C14H16BNO2/c16-10-11-17-15-13-8-4-5-9-14(13)18-12-6-2-1-3-7-12/h1-9,15H,10-11,16H2. The van der Waals surface area contributed by atoms with Gasteiger partial charge in [-0.2, -0.15) is 0 Å². The van der Waals surface area contributed by atoms with E-state index < -0.39 is 0 Å². The Balaban J connectivity index is 2.07. The molecule has 0 saturated carbocycles. The molecule has 2 aromatic carbocycles. The van der Waals surface area contributed by atoms with Gasteiger partial charge < -0.3 is 15.1 Å². The first-order valence-corrected chi connectivity index (χ1v) is 5.99. The molecular weight excluding hydrogens is 225 g/mol. The zero-order valence-corrected chi connectivity index (χ0v) is 10.2. The van der Waals surface area contributed by atoms with Crippen molar-refractivity contribution >= 4 is 12.9 Å². The van der Waals surface area contributed by atoms with Crippen LogP contribution in [0.1, 0.15) is 0 Å². The van der Waals surface area contributed by atoms with E-state index in [-0.39, 0.29) is 0 Å². The van der Waals surface area contributed by atoms with Crippen molar-refractivity contribution in [2.24, 2.45) is 5.73 Å². The number of ether oxygens (including phenoxy) is 1. The number of nitrogens with two attached hydrogens (primary N) is 1. The van der Waals surface area contributed by atoms with Gasteiger partial charge in [-0.1, -0.05) is 36.4 Å². The number of rotatable bonds is 6. The van der Waals surface area contributed by atoms with Gasteiger partial charge in [-0.15, -0.1) is 0 Å². The molecule has 4 heteroatoms. The number of benzene rings is 2. The zero-order valence-electron chi connectivity index (χ0n) is 10.2. The third kappa shape index (κ3) is 3.62. The van der Waals surface area contributed by atoms with Crippen LogP contribution < -0.4 is 15.9 Å². The second kappa shape index (κ2) is 6.84. The van der Waals surface area contributed by atoms with E-state index in [4.69, 9.17) is 15.1 Å². The molecule has 0 atom stereocenters. The van der Waals surface area contributed by atoms with Crippen molar-refractivity contribution < 1.29 is 9.39 Å². The lowest BCUT2D eigenvalue weighted by molar-refractivity contribution is 0.353. The van der Waals surface area contributed by atoms with Crippen molar-refractivity contribution in [2.45, 2.75) is 0 Å². The summed E-state index contributed by atoms with van der Waals surface area (Å²) in [6.45, 7) is 1.08. The second-order valence-corrected chi connectivity index (χ2v) is 3.86. The van der Waals surface area contributed by atoms with E-state index in [1.54, 1.807) is 0 Å². The molecule has 0 aliphatic rings. The highest BCUT2D eigenvalue weighted by Crippen LogP contribution is 2.18. The molecule has 0 heterocycles. The molecule has 0 aliphatic carbocycles. The lowest BCUT2D eigenvalue weighted by Gasteiger charge is -2.10. The fraction of sp³-hybridized carbons (Fsp3) is 0.143. The molecule has 0 aliphatic heterocycles. The summed E-state index contributed by atoms with van der Waals surface area (Å²) in [5, 5.41) is 0. The Hall–Kier alpha value is -1.78. The first kappa shape index (κ1) is 12.7. The Bertz CT molecular complexity index is 476. The highest BCUT2D eigenvalue weighted by Gasteiger charge is 2.05. The van der Waals surface area contributed by atoms with Crippen LogP contribution in [0.3, 0.4) is 0 Å². The number of hydrogen-bond donors (Lipinski definition) is 1. The van der Waals surface area contributed by atoms with Crippen LogP contribution in [-0.4, -0.2) is 20.6 Å². The Morgan fingerprint density at radius 3 is 2.44 bits per heavy atom. The predicted octanol–water partition coefficient (Wildman–Crippen LogP) is 1.43. The van der Waals surface area contributed by atoms with Gasteiger partial charge in [0.1, 0.15) is 11.5 Å². The van der Waals surface area contributed by atoms with E-state index >= 15 is 0 Å². The average molecular weight is 241 g/mol. The van der Waals surface area contributed by atoms with Crippen LogP contribution in [0.2, 0.25) is 0 Å². The monoisotopic (exact) mass is 241 g/mol. The molecule has 2 rings (SSSR count).